The lowest BCUT2D eigenvalue weighted by Gasteiger charge is -2.36. The maximum Gasteiger partial charge on any atom is 0.273 e. The van der Waals surface area contributed by atoms with Crippen molar-refractivity contribution in [2.24, 2.45) is 0 Å². The first-order valence-electron chi connectivity index (χ1n) is 11.4. The van der Waals surface area contributed by atoms with Crippen molar-refractivity contribution in [3.63, 3.8) is 0 Å². The zero-order valence-electron chi connectivity index (χ0n) is 19.6. The molecule has 0 bridgehead atoms. The third kappa shape index (κ3) is 4.51. The normalized spacial score (nSPS) is 15.4. The molecule has 5 rings (SSSR count). The van der Waals surface area contributed by atoms with Gasteiger partial charge in [-0.1, -0.05) is 59.3 Å². The first kappa shape index (κ1) is 22.4. The highest BCUT2D eigenvalue weighted by atomic mass is 32.1. The molecule has 0 radical (unpaired) electrons. The second-order valence-electron chi connectivity index (χ2n) is 8.68. The van der Waals surface area contributed by atoms with E-state index in [4.69, 9.17) is 4.52 Å². The van der Waals surface area contributed by atoms with E-state index in [1.165, 1.54) is 22.5 Å². The average molecular weight is 474 g/mol. The summed E-state index contributed by atoms with van der Waals surface area (Å²) in [6.07, 6.45) is 0. The molecule has 1 aliphatic heterocycles. The van der Waals surface area contributed by atoms with E-state index in [-0.39, 0.29) is 11.9 Å². The number of amides is 1. The maximum absolute atomic E-state index is 13.1. The summed E-state index contributed by atoms with van der Waals surface area (Å²) in [6.45, 7) is 8.98. The van der Waals surface area contributed by atoms with Gasteiger partial charge in [0.1, 0.15) is 10.7 Å². The molecule has 4 aromatic rings. The Bertz CT molecular complexity index is 1290. The smallest absolute Gasteiger partial charge is 0.273 e. The number of hydrogen-bond acceptors (Lipinski definition) is 7. The van der Waals surface area contributed by atoms with Crippen LogP contribution in [0.25, 0.3) is 22.0 Å². The Hall–Kier alpha value is -3.36. The van der Waals surface area contributed by atoms with Crippen molar-refractivity contribution in [1.29, 1.82) is 0 Å². The molecule has 1 fully saturated rings. The Morgan fingerprint density at radius 3 is 2.53 bits per heavy atom. The molecular weight excluding hydrogens is 446 g/mol. The number of nitrogens with zero attached hydrogens (tertiary/aromatic N) is 5. The monoisotopic (exact) mass is 473 g/mol. The molecule has 1 atom stereocenters. The summed E-state index contributed by atoms with van der Waals surface area (Å²) in [5, 5.41) is 6.90. The van der Waals surface area contributed by atoms with Gasteiger partial charge in [0.2, 0.25) is 11.7 Å². The lowest BCUT2D eigenvalue weighted by atomic mass is 10.1. The minimum Gasteiger partial charge on any atom is -0.337 e. The van der Waals surface area contributed by atoms with Gasteiger partial charge in [0, 0.05) is 42.7 Å². The third-order valence-electron chi connectivity index (χ3n) is 6.32. The molecule has 1 aliphatic rings. The maximum atomic E-state index is 13.1. The van der Waals surface area contributed by atoms with E-state index in [1.807, 2.05) is 40.6 Å². The number of rotatable bonds is 5. The number of aryl methyl sites for hydroxylation is 2. The standard InChI is InChI=1S/C26H27N5O2S/c1-17-9-10-21(18(2)15-17)25-27-22(16-34-25)26(32)31-13-11-30(12-14-31)19(3)24-28-23(29-33-24)20-7-5-4-6-8-20/h4-10,15-16,19H,11-14H2,1-3H3. The number of benzene rings is 2. The number of thiazole rings is 1. The van der Waals surface area contributed by atoms with Gasteiger partial charge < -0.3 is 9.42 Å². The van der Waals surface area contributed by atoms with Gasteiger partial charge in [-0.05, 0) is 26.3 Å². The highest BCUT2D eigenvalue weighted by molar-refractivity contribution is 7.13. The van der Waals surface area contributed by atoms with Crippen LogP contribution in [0.5, 0.6) is 0 Å². The molecule has 1 unspecified atom stereocenters. The van der Waals surface area contributed by atoms with Crippen LogP contribution >= 0.6 is 11.3 Å². The van der Waals surface area contributed by atoms with Crippen molar-refractivity contribution in [2.45, 2.75) is 26.8 Å². The average Bonchev–Trinajstić information content (AvgIpc) is 3.54. The summed E-state index contributed by atoms with van der Waals surface area (Å²) in [7, 11) is 0. The van der Waals surface area contributed by atoms with E-state index >= 15 is 0 Å². The number of piperazine rings is 1. The Morgan fingerprint density at radius 2 is 1.79 bits per heavy atom. The molecule has 7 nitrogen and oxygen atoms in total. The second kappa shape index (κ2) is 9.48. The lowest BCUT2D eigenvalue weighted by Crippen LogP contribution is -2.49. The van der Waals surface area contributed by atoms with Crippen LogP contribution in [-0.4, -0.2) is 57.0 Å². The molecule has 0 spiro atoms. The van der Waals surface area contributed by atoms with Gasteiger partial charge in [-0.25, -0.2) is 4.98 Å². The second-order valence-corrected chi connectivity index (χ2v) is 9.54. The van der Waals surface area contributed by atoms with Crippen LogP contribution in [-0.2, 0) is 0 Å². The van der Waals surface area contributed by atoms with E-state index in [2.05, 4.69) is 59.0 Å². The lowest BCUT2D eigenvalue weighted by molar-refractivity contribution is 0.0547. The van der Waals surface area contributed by atoms with Crippen LogP contribution in [0.4, 0.5) is 0 Å². The zero-order chi connectivity index (χ0) is 23.7. The van der Waals surface area contributed by atoms with Gasteiger partial charge in [-0.15, -0.1) is 11.3 Å². The van der Waals surface area contributed by atoms with Gasteiger partial charge in [-0.2, -0.15) is 4.98 Å². The van der Waals surface area contributed by atoms with E-state index in [9.17, 15) is 4.79 Å². The number of hydrogen-bond donors (Lipinski definition) is 0. The van der Waals surface area contributed by atoms with Gasteiger partial charge in [-0.3, -0.25) is 9.69 Å². The first-order valence-corrected chi connectivity index (χ1v) is 12.3. The summed E-state index contributed by atoms with van der Waals surface area (Å²) in [4.78, 5) is 26.5. The number of carbonyl (C=O) groups excluding carboxylic acids is 1. The SMILES string of the molecule is Cc1ccc(-c2nc(C(=O)N3CCN(C(C)c4nc(-c5ccccc5)no4)CC3)cs2)c(C)c1. The van der Waals surface area contributed by atoms with Crippen molar-refractivity contribution in [1.82, 2.24) is 24.9 Å². The molecule has 1 amide bonds. The molecule has 2 aromatic heterocycles. The summed E-state index contributed by atoms with van der Waals surface area (Å²) >= 11 is 1.52. The van der Waals surface area contributed by atoms with Crippen LogP contribution in [0.2, 0.25) is 0 Å². The molecule has 2 aromatic carbocycles. The topological polar surface area (TPSA) is 75.4 Å². The fourth-order valence-electron chi connectivity index (χ4n) is 4.29. The molecule has 174 valence electrons. The minimum atomic E-state index is -0.0161. The fraction of sp³-hybridized carbons (Fsp3) is 0.308. The molecule has 1 saturated heterocycles. The molecule has 8 heteroatoms. The highest BCUT2D eigenvalue weighted by Gasteiger charge is 2.29. The Labute approximate surface area is 203 Å². The molecule has 34 heavy (non-hydrogen) atoms. The van der Waals surface area contributed by atoms with Crippen molar-refractivity contribution in [2.75, 3.05) is 26.2 Å². The van der Waals surface area contributed by atoms with Crippen LogP contribution in [0.15, 0.2) is 58.4 Å². The van der Waals surface area contributed by atoms with Gasteiger partial charge in [0.15, 0.2) is 0 Å². The summed E-state index contributed by atoms with van der Waals surface area (Å²) in [5.74, 6) is 1.18. The van der Waals surface area contributed by atoms with Crippen LogP contribution in [0.1, 0.15) is 40.5 Å². The molecule has 0 saturated carbocycles. The van der Waals surface area contributed by atoms with Crippen LogP contribution in [0.3, 0.4) is 0 Å². The largest absolute Gasteiger partial charge is 0.337 e. The fourth-order valence-corrected chi connectivity index (χ4v) is 5.17. The summed E-state index contributed by atoms with van der Waals surface area (Å²) < 4.78 is 5.55. The Balaban J connectivity index is 1.21. The van der Waals surface area contributed by atoms with Crippen molar-refractivity contribution in [3.05, 3.63) is 76.6 Å². The highest BCUT2D eigenvalue weighted by Crippen LogP contribution is 2.28. The first-order chi connectivity index (χ1) is 16.5. The molecule has 0 aliphatic carbocycles. The minimum absolute atomic E-state index is 0.0104. The number of aromatic nitrogens is 3. The summed E-state index contributed by atoms with van der Waals surface area (Å²) in [6, 6.07) is 16.1. The van der Waals surface area contributed by atoms with E-state index in [0.29, 0.717) is 30.5 Å². The zero-order valence-corrected chi connectivity index (χ0v) is 20.4. The molecular formula is C26H27N5O2S. The molecule has 3 heterocycles. The van der Waals surface area contributed by atoms with Gasteiger partial charge in [0.05, 0.1) is 6.04 Å². The van der Waals surface area contributed by atoms with E-state index in [0.717, 1.165) is 29.2 Å². The molecule has 0 N–H and O–H groups in total. The summed E-state index contributed by atoms with van der Waals surface area (Å²) in [5.41, 5.74) is 4.93. The third-order valence-corrected chi connectivity index (χ3v) is 7.19. The van der Waals surface area contributed by atoms with Crippen molar-refractivity contribution >= 4 is 17.2 Å². The van der Waals surface area contributed by atoms with Gasteiger partial charge in [0.25, 0.3) is 5.91 Å². The predicted octanol–water partition coefficient (Wildman–Crippen LogP) is 5.00. The van der Waals surface area contributed by atoms with Crippen molar-refractivity contribution in [3.8, 4) is 22.0 Å². The Kier molecular flexibility index (Phi) is 6.26. The van der Waals surface area contributed by atoms with Crippen LogP contribution in [0, 0.1) is 13.8 Å². The van der Waals surface area contributed by atoms with Gasteiger partial charge >= 0.3 is 0 Å². The van der Waals surface area contributed by atoms with Crippen molar-refractivity contribution < 1.29 is 9.32 Å². The van der Waals surface area contributed by atoms with Crippen LogP contribution < -0.4 is 0 Å². The number of carbonyl (C=O) groups is 1. The van der Waals surface area contributed by atoms with E-state index in [1.54, 1.807) is 0 Å². The predicted molar refractivity (Wildman–Crippen MR) is 133 cm³/mol. The quantitative estimate of drug-likeness (QED) is 0.406. The van der Waals surface area contributed by atoms with E-state index < -0.39 is 0 Å². The Morgan fingerprint density at radius 1 is 1.03 bits per heavy atom.